The van der Waals surface area contributed by atoms with Crippen LogP contribution in [0, 0.1) is 0 Å². The Balaban J connectivity index is 2.75. The van der Waals surface area contributed by atoms with E-state index in [1.807, 2.05) is 23.8 Å². The highest BCUT2D eigenvalue weighted by Crippen LogP contribution is 2.09. The summed E-state index contributed by atoms with van der Waals surface area (Å²) in [5.41, 5.74) is 6.43. The number of imidazole rings is 1. The Morgan fingerprint density at radius 2 is 2.17 bits per heavy atom. The fourth-order valence-corrected chi connectivity index (χ4v) is 1.11. The van der Waals surface area contributed by atoms with E-state index >= 15 is 0 Å². The Bertz CT molecular complexity index is 397. The molecule has 0 aliphatic heterocycles. The summed E-state index contributed by atoms with van der Waals surface area (Å²) in [6.45, 7) is 0. The second-order valence-electron chi connectivity index (χ2n) is 2.72. The highest BCUT2D eigenvalue weighted by Gasteiger charge is 2.07. The zero-order valence-corrected chi connectivity index (χ0v) is 6.97. The number of anilines is 1. The lowest BCUT2D eigenvalue weighted by molar-refractivity contribution is 0.753. The van der Waals surface area contributed by atoms with Gasteiger partial charge in [0, 0.05) is 14.1 Å². The van der Waals surface area contributed by atoms with Gasteiger partial charge in [-0.15, -0.1) is 0 Å². The summed E-state index contributed by atoms with van der Waals surface area (Å²) in [5.74, 6) is 0.487. The van der Waals surface area contributed by atoms with E-state index in [4.69, 9.17) is 5.73 Å². The average Bonchev–Trinajstić information content (AvgIpc) is 2.53. The number of nitrogen functional groups attached to an aromatic ring is 1. The molecule has 0 unspecified atom stereocenters. The van der Waals surface area contributed by atoms with E-state index < -0.39 is 0 Å². The summed E-state index contributed by atoms with van der Waals surface area (Å²) >= 11 is 0. The number of fused-ring (bicyclic) bond motifs is 1. The van der Waals surface area contributed by atoms with E-state index in [2.05, 4.69) is 10.1 Å². The van der Waals surface area contributed by atoms with Crippen molar-refractivity contribution in [2.45, 2.75) is 0 Å². The topological polar surface area (TPSA) is 64.4 Å². The zero-order chi connectivity index (χ0) is 8.72. The van der Waals surface area contributed by atoms with Crippen LogP contribution in [0.5, 0.6) is 0 Å². The minimum absolute atomic E-state index is 0.487. The van der Waals surface area contributed by atoms with Crippen LogP contribution in [0.15, 0.2) is 12.7 Å². The summed E-state index contributed by atoms with van der Waals surface area (Å²) < 4.78 is 3.46. The molecule has 0 spiro atoms. The zero-order valence-electron chi connectivity index (χ0n) is 6.97. The normalized spacial score (nSPS) is 10.8. The first-order valence-electron chi connectivity index (χ1n) is 3.54. The molecule has 0 atom stereocenters. The van der Waals surface area contributed by atoms with Crippen molar-refractivity contribution in [3.8, 4) is 0 Å². The molecule has 12 heavy (non-hydrogen) atoms. The van der Waals surface area contributed by atoms with Gasteiger partial charge >= 0.3 is 0 Å². The van der Waals surface area contributed by atoms with E-state index in [1.54, 1.807) is 17.2 Å². The highest BCUT2D eigenvalue weighted by molar-refractivity contribution is 5.60. The minimum Gasteiger partial charge on any atom is -0.381 e. The van der Waals surface area contributed by atoms with Crippen LogP contribution in [0.4, 0.5) is 5.82 Å². The molecule has 0 bridgehead atoms. The van der Waals surface area contributed by atoms with Crippen LogP contribution >= 0.6 is 0 Å². The van der Waals surface area contributed by atoms with Crippen LogP contribution in [0.3, 0.4) is 0 Å². The highest BCUT2D eigenvalue weighted by atomic mass is 15.6. The summed E-state index contributed by atoms with van der Waals surface area (Å²) in [7, 11) is 3.82. The first-order valence-corrected chi connectivity index (χ1v) is 3.54. The van der Waals surface area contributed by atoms with Crippen molar-refractivity contribution in [2.24, 2.45) is 0 Å². The summed E-state index contributed by atoms with van der Waals surface area (Å²) in [5, 5.41) is 5.93. The number of hydrogen-bond acceptors (Lipinski definition) is 4. The molecule has 2 rings (SSSR count). The maximum atomic E-state index is 5.64. The molecular weight excluding hydrogens is 156 g/mol. The predicted octanol–water partition coefficient (Wildman–Crippen LogP) is -0.689. The van der Waals surface area contributed by atoms with Crippen LogP contribution < -0.4 is 10.7 Å². The summed E-state index contributed by atoms with van der Waals surface area (Å²) in [4.78, 5) is 3.93. The minimum atomic E-state index is 0.487. The van der Waals surface area contributed by atoms with Gasteiger partial charge < -0.3 is 10.7 Å². The number of nitrogens with zero attached hydrogens (tertiary/aromatic N) is 5. The molecule has 0 fully saturated rings. The third-order valence-corrected chi connectivity index (χ3v) is 1.69. The van der Waals surface area contributed by atoms with Crippen molar-refractivity contribution in [1.29, 1.82) is 0 Å². The summed E-state index contributed by atoms with van der Waals surface area (Å²) in [6, 6.07) is 0. The molecule has 0 amide bonds. The molecule has 0 saturated carbocycles. The Kier molecular flexibility index (Phi) is 1.24. The summed E-state index contributed by atoms with van der Waals surface area (Å²) in [6.07, 6.45) is 3.28. The van der Waals surface area contributed by atoms with E-state index in [-0.39, 0.29) is 0 Å². The van der Waals surface area contributed by atoms with Gasteiger partial charge in [0.1, 0.15) is 12.7 Å². The van der Waals surface area contributed by atoms with Gasteiger partial charge in [-0.1, -0.05) is 0 Å². The molecule has 0 aromatic carbocycles. The van der Waals surface area contributed by atoms with Gasteiger partial charge in [-0.05, 0) is 0 Å². The fourth-order valence-electron chi connectivity index (χ4n) is 1.11. The number of nitrogens with two attached hydrogens (primary N) is 1. The van der Waals surface area contributed by atoms with E-state index in [9.17, 15) is 0 Å². The number of aromatic nitrogens is 4. The molecule has 0 aliphatic carbocycles. The first kappa shape index (κ1) is 6.96. The third-order valence-electron chi connectivity index (χ3n) is 1.69. The van der Waals surface area contributed by atoms with Crippen LogP contribution in [0.2, 0.25) is 0 Å². The molecular formula is C6H10N6. The lowest BCUT2D eigenvalue weighted by atomic mass is 10.7. The molecule has 0 aliphatic rings. The van der Waals surface area contributed by atoms with E-state index in [1.165, 1.54) is 0 Å². The fraction of sp³-hybridized carbons (Fsp3) is 0.333. The smallest absolute Gasteiger partial charge is 0.198 e. The molecule has 0 radical (unpaired) electrons. The number of rotatable bonds is 1. The van der Waals surface area contributed by atoms with Crippen molar-refractivity contribution in [2.75, 3.05) is 24.8 Å². The Hall–Kier alpha value is -1.72. The van der Waals surface area contributed by atoms with Crippen molar-refractivity contribution in [3.05, 3.63) is 12.7 Å². The molecule has 0 saturated heterocycles. The molecule has 2 heterocycles. The average molecular weight is 166 g/mol. The van der Waals surface area contributed by atoms with Gasteiger partial charge in [0.15, 0.2) is 11.5 Å². The van der Waals surface area contributed by atoms with E-state index in [0.29, 0.717) is 5.82 Å². The van der Waals surface area contributed by atoms with Gasteiger partial charge in [-0.25, -0.2) is 9.66 Å². The van der Waals surface area contributed by atoms with Gasteiger partial charge in [-0.3, -0.25) is 0 Å². The van der Waals surface area contributed by atoms with Crippen molar-refractivity contribution < 1.29 is 0 Å². The van der Waals surface area contributed by atoms with Gasteiger partial charge in [0.25, 0.3) is 0 Å². The Labute approximate surface area is 69.2 Å². The largest absolute Gasteiger partial charge is 0.381 e. The Morgan fingerprint density at radius 3 is 2.83 bits per heavy atom. The molecule has 2 aromatic rings. The van der Waals surface area contributed by atoms with Gasteiger partial charge in [0.2, 0.25) is 0 Å². The van der Waals surface area contributed by atoms with E-state index in [0.717, 1.165) is 5.65 Å². The second kappa shape index (κ2) is 2.13. The molecule has 64 valence electrons. The van der Waals surface area contributed by atoms with Crippen LogP contribution in [-0.4, -0.2) is 33.4 Å². The predicted molar refractivity (Wildman–Crippen MR) is 45.5 cm³/mol. The van der Waals surface area contributed by atoms with Crippen LogP contribution in [0.1, 0.15) is 0 Å². The SMILES string of the molecule is CN(C)n1cnn2cnc(N)c12. The van der Waals surface area contributed by atoms with Gasteiger partial charge in [0.05, 0.1) is 0 Å². The van der Waals surface area contributed by atoms with Gasteiger partial charge in [-0.2, -0.15) is 9.61 Å². The lowest BCUT2D eigenvalue weighted by Gasteiger charge is -2.12. The maximum absolute atomic E-state index is 5.64. The molecule has 6 heteroatoms. The van der Waals surface area contributed by atoms with Crippen LogP contribution in [0.25, 0.3) is 5.65 Å². The lowest BCUT2D eigenvalue weighted by Crippen LogP contribution is -2.24. The first-order chi connectivity index (χ1) is 5.70. The number of hydrogen-bond donors (Lipinski definition) is 1. The van der Waals surface area contributed by atoms with Crippen molar-refractivity contribution >= 4 is 11.5 Å². The van der Waals surface area contributed by atoms with Crippen LogP contribution in [-0.2, 0) is 0 Å². The molecule has 2 aromatic heterocycles. The third kappa shape index (κ3) is 0.744. The standard InChI is InChI=1S/C6H10N6/c1-10(2)12-4-9-11-3-8-5(7)6(11)12/h3-4H,7H2,1-2H3. The second-order valence-corrected chi connectivity index (χ2v) is 2.72. The molecule has 6 nitrogen and oxygen atoms in total. The Morgan fingerprint density at radius 1 is 1.42 bits per heavy atom. The van der Waals surface area contributed by atoms with Crippen molar-refractivity contribution in [1.82, 2.24) is 19.3 Å². The molecule has 2 N–H and O–H groups in total. The quantitative estimate of drug-likeness (QED) is 0.609. The maximum Gasteiger partial charge on any atom is 0.198 e. The van der Waals surface area contributed by atoms with Crippen molar-refractivity contribution in [3.63, 3.8) is 0 Å². The monoisotopic (exact) mass is 166 g/mol.